The average Bonchev–Trinajstić information content (AvgIpc) is 2.63. The third-order valence-electron chi connectivity index (χ3n) is 3.52. The molecule has 0 aromatic heterocycles. The molecule has 2 rings (SSSR count). The molecule has 0 bridgehead atoms. The minimum absolute atomic E-state index is 0.224. The number of unbranched alkanes of at least 4 members (excludes halogenated alkanes) is 1. The smallest absolute Gasteiger partial charge is 0.257 e. The molecule has 0 radical (unpaired) electrons. The van der Waals surface area contributed by atoms with Gasteiger partial charge in [-0.25, -0.2) is 0 Å². The summed E-state index contributed by atoms with van der Waals surface area (Å²) >= 11 is 8.56. The first-order valence-electron chi connectivity index (χ1n) is 8.22. The predicted molar refractivity (Wildman–Crippen MR) is 111 cm³/mol. The lowest BCUT2D eigenvalue weighted by atomic mass is 10.2. The zero-order valence-electron chi connectivity index (χ0n) is 14.7. The maximum absolute atomic E-state index is 12.3. The Hall–Kier alpha value is -2.12. The van der Waals surface area contributed by atoms with Crippen molar-refractivity contribution < 1.29 is 14.3 Å². The fourth-order valence-corrected chi connectivity index (χ4v) is 2.87. The largest absolute Gasteiger partial charge is 0.496 e. The third-order valence-corrected chi connectivity index (χ3v) is 4.34. The second-order valence-electron chi connectivity index (χ2n) is 5.48. The van der Waals surface area contributed by atoms with Gasteiger partial charge in [0.25, 0.3) is 5.91 Å². The second kappa shape index (κ2) is 10.1. The molecule has 0 saturated heterocycles. The molecule has 0 aliphatic rings. The van der Waals surface area contributed by atoms with Gasteiger partial charge in [-0.05, 0) is 77.0 Å². The van der Waals surface area contributed by atoms with Gasteiger partial charge in [-0.15, -0.1) is 0 Å². The van der Waals surface area contributed by atoms with Crippen molar-refractivity contribution in [2.45, 2.75) is 19.8 Å². The van der Waals surface area contributed by atoms with E-state index >= 15 is 0 Å². The molecular weight excluding hydrogens is 416 g/mol. The summed E-state index contributed by atoms with van der Waals surface area (Å²) < 4.78 is 11.5. The number of carbonyl (C=O) groups excluding carboxylic acids is 1. The number of rotatable bonds is 7. The SMILES string of the molecule is CCCCOc1ccc(NC(=S)NC(=O)c2ccc(OC)c(Br)c2)cc1. The van der Waals surface area contributed by atoms with E-state index in [1.54, 1.807) is 25.3 Å². The summed E-state index contributed by atoms with van der Waals surface area (Å²) in [7, 11) is 1.57. The van der Waals surface area contributed by atoms with Crippen LogP contribution in [0.4, 0.5) is 5.69 Å². The van der Waals surface area contributed by atoms with Crippen LogP contribution in [0, 0.1) is 0 Å². The molecule has 0 atom stereocenters. The predicted octanol–water partition coefficient (Wildman–Crippen LogP) is 4.76. The zero-order chi connectivity index (χ0) is 18.9. The Balaban J connectivity index is 1.89. The van der Waals surface area contributed by atoms with E-state index in [1.807, 2.05) is 24.3 Å². The van der Waals surface area contributed by atoms with Gasteiger partial charge in [-0.3, -0.25) is 10.1 Å². The van der Waals surface area contributed by atoms with Gasteiger partial charge in [0.15, 0.2) is 5.11 Å². The first-order chi connectivity index (χ1) is 12.5. The highest BCUT2D eigenvalue weighted by molar-refractivity contribution is 9.10. The normalized spacial score (nSPS) is 10.1. The first kappa shape index (κ1) is 20.2. The number of anilines is 1. The zero-order valence-corrected chi connectivity index (χ0v) is 17.1. The number of ether oxygens (including phenoxy) is 2. The van der Waals surface area contributed by atoms with Crippen LogP contribution in [0.3, 0.4) is 0 Å². The molecule has 0 saturated carbocycles. The quantitative estimate of drug-likeness (QED) is 0.483. The van der Waals surface area contributed by atoms with E-state index in [0.717, 1.165) is 24.3 Å². The molecule has 138 valence electrons. The minimum atomic E-state index is -0.301. The molecule has 5 nitrogen and oxygen atoms in total. The highest BCUT2D eigenvalue weighted by Crippen LogP contribution is 2.25. The topological polar surface area (TPSA) is 59.6 Å². The van der Waals surface area contributed by atoms with E-state index in [4.69, 9.17) is 21.7 Å². The van der Waals surface area contributed by atoms with Crippen molar-refractivity contribution in [1.29, 1.82) is 0 Å². The minimum Gasteiger partial charge on any atom is -0.496 e. The van der Waals surface area contributed by atoms with Gasteiger partial charge in [0.1, 0.15) is 11.5 Å². The number of amides is 1. The molecule has 0 spiro atoms. The monoisotopic (exact) mass is 436 g/mol. The van der Waals surface area contributed by atoms with Crippen LogP contribution in [-0.2, 0) is 0 Å². The first-order valence-corrected chi connectivity index (χ1v) is 9.42. The number of thiocarbonyl (C=S) groups is 1. The molecule has 26 heavy (non-hydrogen) atoms. The van der Waals surface area contributed by atoms with E-state index in [2.05, 4.69) is 33.5 Å². The summed E-state index contributed by atoms with van der Waals surface area (Å²) in [4.78, 5) is 12.3. The van der Waals surface area contributed by atoms with Gasteiger partial charge in [0.2, 0.25) is 0 Å². The van der Waals surface area contributed by atoms with E-state index in [9.17, 15) is 4.79 Å². The van der Waals surface area contributed by atoms with Crippen molar-refractivity contribution in [2.75, 3.05) is 19.0 Å². The number of hydrogen-bond donors (Lipinski definition) is 2. The van der Waals surface area contributed by atoms with Gasteiger partial charge in [0.05, 0.1) is 18.2 Å². The number of methoxy groups -OCH3 is 1. The average molecular weight is 437 g/mol. The molecule has 0 fully saturated rings. The van der Waals surface area contributed by atoms with Crippen molar-refractivity contribution in [3.63, 3.8) is 0 Å². The molecular formula is C19H21BrN2O3S. The molecule has 1 amide bonds. The Morgan fingerprint density at radius 2 is 1.92 bits per heavy atom. The summed E-state index contributed by atoms with van der Waals surface area (Å²) in [6.45, 7) is 2.82. The van der Waals surface area contributed by atoms with E-state index < -0.39 is 0 Å². The van der Waals surface area contributed by atoms with Crippen LogP contribution in [0.2, 0.25) is 0 Å². The summed E-state index contributed by atoms with van der Waals surface area (Å²) in [5.41, 5.74) is 1.25. The van der Waals surface area contributed by atoms with Crippen molar-refractivity contribution in [1.82, 2.24) is 5.32 Å². The van der Waals surface area contributed by atoms with Crippen molar-refractivity contribution in [3.8, 4) is 11.5 Å². The van der Waals surface area contributed by atoms with Gasteiger partial charge in [-0.2, -0.15) is 0 Å². The molecule has 2 N–H and O–H groups in total. The van der Waals surface area contributed by atoms with Crippen LogP contribution < -0.4 is 20.1 Å². The summed E-state index contributed by atoms with van der Waals surface area (Å²) in [6.07, 6.45) is 2.12. The molecule has 2 aromatic rings. The van der Waals surface area contributed by atoms with Crippen molar-refractivity contribution in [3.05, 3.63) is 52.5 Å². The lowest BCUT2D eigenvalue weighted by Gasteiger charge is -2.11. The van der Waals surface area contributed by atoms with Gasteiger partial charge >= 0.3 is 0 Å². The van der Waals surface area contributed by atoms with Crippen LogP contribution in [0.1, 0.15) is 30.1 Å². The molecule has 0 aliphatic carbocycles. The van der Waals surface area contributed by atoms with Gasteiger partial charge in [-0.1, -0.05) is 13.3 Å². The van der Waals surface area contributed by atoms with E-state index in [1.165, 1.54) is 0 Å². The number of nitrogens with one attached hydrogen (secondary N) is 2. The van der Waals surface area contributed by atoms with Crippen LogP contribution in [0.15, 0.2) is 46.9 Å². The Labute approximate surface area is 167 Å². The van der Waals surface area contributed by atoms with Gasteiger partial charge in [0, 0.05) is 11.3 Å². The fraction of sp³-hybridized carbons (Fsp3) is 0.263. The summed E-state index contributed by atoms with van der Waals surface area (Å²) in [5, 5.41) is 5.86. The van der Waals surface area contributed by atoms with Crippen molar-refractivity contribution >= 4 is 44.9 Å². The summed E-state index contributed by atoms with van der Waals surface area (Å²) in [6, 6.07) is 12.5. The number of benzene rings is 2. The fourth-order valence-electron chi connectivity index (χ4n) is 2.11. The van der Waals surface area contributed by atoms with E-state index in [-0.39, 0.29) is 11.0 Å². The van der Waals surface area contributed by atoms with Crippen LogP contribution in [-0.4, -0.2) is 24.7 Å². The molecule has 0 unspecified atom stereocenters. The molecule has 0 heterocycles. The van der Waals surface area contributed by atoms with Crippen molar-refractivity contribution in [2.24, 2.45) is 0 Å². The highest BCUT2D eigenvalue weighted by atomic mass is 79.9. The number of hydrogen-bond acceptors (Lipinski definition) is 4. The Kier molecular flexibility index (Phi) is 7.87. The lowest BCUT2D eigenvalue weighted by molar-refractivity contribution is 0.0977. The van der Waals surface area contributed by atoms with Crippen LogP contribution >= 0.6 is 28.1 Å². The van der Waals surface area contributed by atoms with Crippen LogP contribution in [0.25, 0.3) is 0 Å². The maximum atomic E-state index is 12.3. The molecule has 2 aromatic carbocycles. The Morgan fingerprint density at radius 1 is 1.19 bits per heavy atom. The van der Waals surface area contributed by atoms with E-state index in [0.29, 0.717) is 22.4 Å². The number of carbonyl (C=O) groups is 1. The summed E-state index contributed by atoms with van der Waals surface area (Å²) in [5.74, 6) is 1.16. The molecule has 7 heteroatoms. The highest BCUT2D eigenvalue weighted by Gasteiger charge is 2.10. The lowest BCUT2D eigenvalue weighted by Crippen LogP contribution is -2.34. The Morgan fingerprint density at radius 3 is 2.54 bits per heavy atom. The third kappa shape index (κ3) is 6.00. The second-order valence-corrected chi connectivity index (χ2v) is 6.75. The molecule has 0 aliphatic heterocycles. The number of halogens is 1. The maximum Gasteiger partial charge on any atom is 0.257 e. The standard InChI is InChI=1S/C19H21BrN2O3S/c1-3-4-11-25-15-8-6-14(7-9-15)21-19(26)22-18(23)13-5-10-17(24-2)16(20)12-13/h5-10,12H,3-4,11H2,1-2H3,(H2,21,22,23,26). The van der Waals surface area contributed by atoms with Gasteiger partial charge < -0.3 is 14.8 Å². The van der Waals surface area contributed by atoms with Crippen LogP contribution in [0.5, 0.6) is 11.5 Å². The Bertz CT molecular complexity index is 766.